The van der Waals surface area contributed by atoms with Crippen LogP contribution in [0.3, 0.4) is 0 Å². The highest BCUT2D eigenvalue weighted by atomic mass is 16.6. The number of primary amides is 1. The minimum Gasteiger partial charge on any atom is -0.444 e. The number of nitrogens with zero attached hydrogens (tertiary/aromatic N) is 2. The van der Waals surface area contributed by atoms with Crippen molar-refractivity contribution in [3.05, 3.63) is 71.8 Å². The van der Waals surface area contributed by atoms with Gasteiger partial charge in [-0.2, -0.15) is 0 Å². The molecule has 3 amide bonds. The van der Waals surface area contributed by atoms with Crippen LogP contribution in [0.5, 0.6) is 0 Å². The smallest absolute Gasteiger partial charge is 0.410 e. The first kappa shape index (κ1) is 30.2. The summed E-state index contributed by atoms with van der Waals surface area (Å²) in [5.41, 5.74) is 6.63. The highest BCUT2D eigenvalue weighted by Crippen LogP contribution is 2.43. The second-order valence-corrected chi connectivity index (χ2v) is 11.4. The molecule has 212 valence electrons. The van der Waals surface area contributed by atoms with Crippen molar-refractivity contribution in [2.45, 2.75) is 57.5 Å². The fourth-order valence-corrected chi connectivity index (χ4v) is 5.46. The Kier molecular flexibility index (Phi) is 10.5. The van der Waals surface area contributed by atoms with Gasteiger partial charge in [-0.3, -0.25) is 9.59 Å². The number of benzene rings is 2. The lowest BCUT2D eigenvalue weighted by Crippen LogP contribution is -2.49. The summed E-state index contributed by atoms with van der Waals surface area (Å²) in [5.74, 6) is -0.420. The van der Waals surface area contributed by atoms with Crippen LogP contribution in [0.25, 0.3) is 0 Å². The molecule has 1 saturated heterocycles. The first-order valence-corrected chi connectivity index (χ1v) is 13.9. The van der Waals surface area contributed by atoms with Gasteiger partial charge in [0.25, 0.3) is 0 Å². The molecule has 8 heteroatoms. The number of carbonyl (C=O) groups is 3. The Morgan fingerprint density at radius 1 is 0.974 bits per heavy atom. The van der Waals surface area contributed by atoms with Gasteiger partial charge in [-0.05, 0) is 70.2 Å². The van der Waals surface area contributed by atoms with Crippen molar-refractivity contribution in [1.29, 1.82) is 0 Å². The molecule has 1 aliphatic rings. The van der Waals surface area contributed by atoms with E-state index in [2.05, 4.69) is 10.2 Å². The molecule has 39 heavy (non-hydrogen) atoms. The number of nitrogens with two attached hydrogens (primary N) is 1. The fraction of sp³-hybridized carbons (Fsp3) is 0.516. The molecule has 0 saturated carbocycles. The van der Waals surface area contributed by atoms with E-state index < -0.39 is 17.1 Å². The summed E-state index contributed by atoms with van der Waals surface area (Å²) in [6.07, 6.45) is 3.22. The van der Waals surface area contributed by atoms with Gasteiger partial charge < -0.3 is 25.6 Å². The zero-order valence-electron chi connectivity index (χ0n) is 23.8. The minimum absolute atomic E-state index is 0.0332. The largest absolute Gasteiger partial charge is 0.444 e. The van der Waals surface area contributed by atoms with E-state index in [4.69, 9.17) is 10.5 Å². The molecule has 1 heterocycles. The molecular weight excluding hydrogens is 492 g/mol. The van der Waals surface area contributed by atoms with Crippen LogP contribution >= 0.6 is 0 Å². The molecule has 0 aromatic heterocycles. The molecule has 0 radical (unpaired) electrons. The van der Waals surface area contributed by atoms with Crippen LogP contribution in [-0.2, 0) is 19.7 Å². The molecule has 2 aromatic carbocycles. The van der Waals surface area contributed by atoms with Gasteiger partial charge in [0.05, 0.1) is 0 Å². The average molecular weight is 537 g/mol. The molecule has 1 aliphatic heterocycles. The zero-order chi connectivity index (χ0) is 28.5. The van der Waals surface area contributed by atoms with E-state index in [-0.39, 0.29) is 24.3 Å². The second kappa shape index (κ2) is 13.6. The molecule has 3 rings (SSSR count). The molecule has 1 fully saturated rings. The highest BCUT2D eigenvalue weighted by molar-refractivity contribution is 5.91. The van der Waals surface area contributed by atoms with Crippen molar-refractivity contribution in [2.24, 2.45) is 11.7 Å². The third kappa shape index (κ3) is 8.05. The maximum Gasteiger partial charge on any atom is 0.410 e. The quantitative estimate of drug-likeness (QED) is 0.400. The summed E-state index contributed by atoms with van der Waals surface area (Å²) in [7, 11) is 1.56. The molecule has 0 bridgehead atoms. The number of ether oxygens (including phenoxy) is 1. The van der Waals surface area contributed by atoms with Crippen molar-refractivity contribution in [2.75, 3.05) is 39.8 Å². The number of hydrogen-bond acceptors (Lipinski definition) is 5. The van der Waals surface area contributed by atoms with Crippen molar-refractivity contribution < 1.29 is 19.1 Å². The summed E-state index contributed by atoms with van der Waals surface area (Å²) >= 11 is 0. The summed E-state index contributed by atoms with van der Waals surface area (Å²) in [6.45, 7) is 8.58. The van der Waals surface area contributed by atoms with Gasteiger partial charge in [0.1, 0.15) is 17.6 Å². The van der Waals surface area contributed by atoms with Gasteiger partial charge in [0.15, 0.2) is 0 Å². The zero-order valence-corrected chi connectivity index (χ0v) is 23.8. The molecule has 0 aliphatic carbocycles. The van der Waals surface area contributed by atoms with E-state index in [1.165, 1.54) is 4.90 Å². The lowest BCUT2D eigenvalue weighted by atomic mass is 9.64. The molecule has 1 atom stereocenters. The molecule has 0 spiro atoms. The minimum atomic E-state index is -0.867. The summed E-state index contributed by atoms with van der Waals surface area (Å²) in [4.78, 5) is 41.1. The van der Waals surface area contributed by atoms with E-state index >= 15 is 0 Å². The molecule has 1 unspecified atom stereocenters. The Balaban J connectivity index is 1.47. The third-order valence-electron chi connectivity index (χ3n) is 7.29. The first-order chi connectivity index (χ1) is 18.5. The third-order valence-corrected chi connectivity index (χ3v) is 7.29. The number of unbranched alkanes of at least 4 members (excludes halogenated alkanes) is 2. The number of carbonyl (C=O) groups excluding carboxylic acids is 3. The maximum atomic E-state index is 13.2. The van der Waals surface area contributed by atoms with Gasteiger partial charge in [-0.15, -0.1) is 0 Å². The van der Waals surface area contributed by atoms with Gasteiger partial charge >= 0.3 is 6.09 Å². The summed E-state index contributed by atoms with van der Waals surface area (Å²) < 4.78 is 5.28. The first-order valence-electron chi connectivity index (χ1n) is 13.9. The lowest BCUT2D eigenvalue weighted by molar-refractivity contribution is -0.124. The van der Waals surface area contributed by atoms with E-state index in [0.29, 0.717) is 6.54 Å². The van der Waals surface area contributed by atoms with Crippen molar-refractivity contribution in [3.63, 3.8) is 0 Å². The van der Waals surface area contributed by atoms with Gasteiger partial charge in [-0.25, -0.2) is 4.79 Å². The van der Waals surface area contributed by atoms with Crippen LogP contribution in [0.2, 0.25) is 0 Å². The number of amides is 3. The van der Waals surface area contributed by atoms with Crippen LogP contribution < -0.4 is 11.1 Å². The van der Waals surface area contributed by atoms with Crippen LogP contribution in [0, 0.1) is 5.92 Å². The number of nitrogens with one attached hydrogen (secondary N) is 1. The topological polar surface area (TPSA) is 105 Å². The molecular formula is C31H44N4O4. The van der Waals surface area contributed by atoms with Crippen molar-refractivity contribution in [3.8, 4) is 0 Å². The maximum absolute atomic E-state index is 13.2. The van der Waals surface area contributed by atoms with Crippen molar-refractivity contribution >= 4 is 17.9 Å². The fourth-order valence-electron chi connectivity index (χ4n) is 5.46. The summed E-state index contributed by atoms with van der Waals surface area (Å²) in [6, 6.07) is 19.9. The Bertz CT molecular complexity index is 1050. The number of hydrogen-bond donors (Lipinski definition) is 2. The van der Waals surface area contributed by atoms with Crippen LogP contribution in [0.15, 0.2) is 60.7 Å². The molecule has 8 nitrogen and oxygen atoms in total. The van der Waals surface area contributed by atoms with Gasteiger partial charge in [0, 0.05) is 20.1 Å². The number of rotatable bonds is 12. The Hall–Kier alpha value is -3.39. The van der Waals surface area contributed by atoms with Crippen LogP contribution in [0.1, 0.15) is 57.6 Å². The molecule has 3 N–H and O–H groups in total. The van der Waals surface area contributed by atoms with Crippen molar-refractivity contribution in [1.82, 2.24) is 15.1 Å². The molecule has 2 aromatic rings. The Morgan fingerprint density at radius 3 is 2.10 bits per heavy atom. The van der Waals surface area contributed by atoms with E-state index in [1.54, 1.807) is 27.8 Å². The summed E-state index contributed by atoms with van der Waals surface area (Å²) in [5, 5.41) is 2.88. The SMILES string of the molecule is CN(CC(=O)NCCCCCN1CCC(C(C(N)=O)(c2ccccc2)c2ccccc2)C1)C(=O)OC(C)(C)C. The lowest BCUT2D eigenvalue weighted by Gasteiger charge is -2.37. The number of likely N-dealkylation sites (N-methyl/N-ethyl adjacent to an activating group) is 1. The standard InChI is InChI=1S/C31H44N4O4/c1-30(2,3)39-29(38)34(4)23-27(36)33-19-12-7-13-20-35-21-18-26(22-35)31(28(32)37,24-14-8-5-9-15-24)25-16-10-6-11-17-25/h5-6,8-11,14-17,26H,7,12-13,18-23H2,1-4H3,(H2,32,37)(H,33,36). The monoisotopic (exact) mass is 536 g/mol. The Morgan fingerprint density at radius 2 is 1.56 bits per heavy atom. The number of likely N-dealkylation sites (tertiary alicyclic amines) is 1. The van der Waals surface area contributed by atoms with E-state index in [1.807, 2.05) is 60.7 Å². The normalized spacial score (nSPS) is 16.1. The Labute approximate surface area is 232 Å². The second-order valence-electron chi connectivity index (χ2n) is 11.4. The van der Waals surface area contributed by atoms with Gasteiger partial charge in [-0.1, -0.05) is 67.1 Å². The van der Waals surface area contributed by atoms with Gasteiger partial charge in [0.2, 0.25) is 11.8 Å². The highest BCUT2D eigenvalue weighted by Gasteiger charge is 2.49. The van der Waals surface area contributed by atoms with E-state index in [9.17, 15) is 14.4 Å². The predicted molar refractivity (Wildman–Crippen MR) is 153 cm³/mol. The van der Waals surface area contributed by atoms with Crippen LogP contribution in [-0.4, -0.2) is 73.1 Å². The predicted octanol–water partition coefficient (Wildman–Crippen LogP) is 3.93. The van der Waals surface area contributed by atoms with E-state index in [0.717, 1.165) is 56.4 Å². The average Bonchev–Trinajstić information content (AvgIpc) is 3.35. The van der Waals surface area contributed by atoms with Crippen LogP contribution in [0.4, 0.5) is 4.79 Å².